The summed E-state index contributed by atoms with van der Waals surface area (Å²) in [6, 6.07) is 0. The summed E-state index contributed by atoms with van der Waals surface area (Å²) >= 11 is 0. The summed E-state index contributed by atoms with van der Waals surface area (Å²) in [6.45, 7) is 9.61. The van der Waals surface area contributed by atoms with E-state index in [-0.39, 0.29) is 0 Å². The molecule has 0 fully saturated rings. The fourth-order valence-corrected chi connectivity index (χ4v) is 3.97. The largest absolute Gasteiger partial charge is 0.345 e. The van der Waals surface area contributed by atoms with Gasteiger partial charge in [-0.3, -0.25) is 4.48 Å². The van der Waals surface area contributed by atoms with Crippen molar-refractivity contribution < 1.29 is 14.7 Å². The molecule has 0 rings (SSSR count). The van der Waals surface area contributed by atoms with Crippen LogP contribution < -0.4 is 0 Å². The van der Waals surface area contributed by atoms with Crippen molar-refractivity contribution in [3.63, 3.8) is 0 Å². The lowest BCUT2D eigenvalue weighted by Gasteiger charge is -2.42. The number of nitrogens with zero attached hydrogens (tertiary/aromatic N) is 1. The highest BCUT2D eigenvalue weighted by Gasteiger charge is 2.35. The molecule has 0 aromatic rings. The van der Waals surface area contributed by atoms with Gasteiger partial charge in [0.2, 0.25) is 0 Å². The first-order chi connectivity index (χ1) is 12.0. The van der Waals surface area contributed by atoms with Gasteiger partial charge < -0.3 is 10.2 Å². The monoisotopic (exact) mass is 358 g/mol. The number of aliphatic hydroxyl groups is 2. The van der Waals surface area contributed by atoms with E-state index in [1.807, 2.05) is 0 Å². The van der Waals surface area contributed by atoms with Gasteiger partial charge in [-0.15, -0.1) is 0 Å². The van der Waals surface area contributed by atoms with Gasteiger partial charge in [0.05, 0.1) is 13.1 Å². The van der Waals surface area contributed by atoms with Crippen molar-refractivity contribution in [2.75, 3.05) is 13.1 Å². The molecule has 0 aromatic heterocycles. The van der Waals surface area contributed by atoms with E-state index in [9.17, 15) is 10.2 Å². The van der Waals surface area contributed by atoms with E-state index in [0.717, 1.165) is 19.5 Å². The van der Waals surface area contributed by atoms with Crippen LogP contribution in [0.2, 0.25) is 0 Å². The van der Waals surface area contributed by atoms with Crippen LogP contribution in [0.4, 0.5) is 0 Å². The molecule has 0 amide bonds. The Morgan fingerprint density at radius 3 is 1.16 bits per heavy atom. The standard InChI is InChI=1S/C22H48NO2/c1-5-7-8-9-10-11-12-13-14-15-16-17-18-19-20-23(6-2,21(3)24)22(4)25/h21-22,24-25H,5-20H2,1-4H3/q+1. The van der Waals surface area contributed by atoms with Crippen LogP contribution in [0.1, 0.15) is 118 Å². The van der Waals surface area contributed by atoms with Crippen LogP contribution in [0.15, 0.2) is 0 Å². The van der Waals surface area contributed by atoms with Crippen LogP contribution >= 0.6 is 0 Å². The molecule has 0 aromatic carbocycles. The van der Waals surface area contributed by atoms with Crippen LogP contribution in [0.25, 0.3) is 0 Å². The normalized spacial score (nSPS) is 16.6. The lowest BCUT2D eigenvalue weighted by Crippen LogP contribution is -2.60. The third-order valence-electron chi connectivity index (χ3n) is 6.01. The molecule has 25 heavy (non-hydrogen) atoms. The lowest BCUT2D eigenvalue weighted by molar-refractivity contribution is -1.00. The van der Waals surface area contributed by atoms with Crippen molar-refractivity contribution >= 4 is 0 Å². The van der Waals surface area contributed by atoms with Gasteiger partial charge in [-0.25, -0.2) is 0 Å². The molecule has 0 heterocycles. The maximum absolute atomic E-state index is 10.0. The minimum Gasteiger partial charge on any atom is -0.345 e. The molecule has 2 atom stereocenters. The molecule has 0 aliphatic rings. The second-order valence-corrected chi connectivity index (χ2v) is 8.00. The summed E-state index contributed by atoms with van der Waals surface area (Å²) < 4.78 is 0.415. The third kappa shape index (κ3) is 11.2. The molecule has 0 bridgehead atoms. The van der Waals surface area contributed by atoms with Crippen molar-refractivity contribution in [3.05, 3.63) is 0 Å². The number of quaternary nitrogens is 1. The number of hydrogen-bond donors (Lipinski definition) is 2. The Morgan fingerprint density at radius 2 is 0.880 bits per heavy atom. The molecule has 0 aliphatic carbocycles. The fraction of sp³-hybridized carbons (Fsp3) is 1.00. The second-order valence-electron chi connectivity index (χ2n) is 8.00. The Balaban J connectivity index is 3.49. The zero-order chi connectivity index (χ0) is 19.0. The predicted molar refractivity (Wildman–Crippen MR) is 109 cm³/mol. The topological polar surface area (TPSA) is 40.5 Å². The van der Waals surface area contributed by atoms with E-state index in [2.05, 4.69) is 13.8 Å². The lowest BCUT2D eigenvalue weighted by atomic mass is 10.0. The van der Waals surface area contributed by atoms with Gasteiger partial charge in [0.1, 0.15) is 0 Å². The maximum atomic E-state index is 10.0. The molecule has 0 saturated carbocycles. The highest BCUT2D eigenvalue weighted by atomic mass is 16.3. The van der Waals surface area contributed by atoms with Gasteiger partial charge in [-0.2, -0.15) is 0 Å². The van der Waals surface area contributed by atoms with Crippen molar-refractivity contribution in [2.24, 2.45) is 0 Å². The highest BCUT2D eigenvalue weighted by Crippen LogP contribution is 2.19. The van der Waals surface area contributed by atoms with E-state index in [4.69, 9.17) is 0 Å². The molecular formula is C22H48NO2+. The van der Waals surface area contributed by atoms with Crippen molar-refractivity contribution in [2.45, 2.75) is 130 Å². The van der Waals surface area contributed by atoms with E-state index < -0.39 is 12.5 Å². The zero-order valence-electron chi connectivity index (χ0n) is 17.8. The summed E-state index contributed by atoms with van der Waals surface area (Å²) in [6.07, 6.45) is 18.0. The van der Waals surface area contributed by atoms with E-state index >= 15 is 0 Å². The quantitative estimate of drug-likeness (QED) is 0.180. The number of aliphatic hydroxyl groups excluding tert-OH is 2. The molecule has 3 heteroatoms. The third-order valence-corrected chi connectivity index (χ3v) is 6.01. The molecule has 0 aliphatic heterocycles. The molecule has 2 unspecified atom stereocenters. The zero-order valence-corrected chi connectivity index (χ0v) is 17.8. The minimum atomic E-state index is -0.494. The van der Waals surface area contributed by atoms with Crippen LogP contribution in [-0.2, 0) is 0 Å². The molecule has 3 nitrogen and oxygen atoms in total. The van der Waals surface area contributed by atoms with Crippen LogP contribution in [0.3, 0.4) is 0 Å². The summed E-state index contributed by atoms with van der Waals surface area (Å²) in [5.74, 6) is 0. The van der Waals surface area contributed by atoms with Crippen LogP contribution in [0, 0.1) is 0 Å². The van der Waals surface area contributed by atoms with Gasteiger partial charge in [0.15, 0.2) is 12.5 Å². The first-order valence-corrected chi connectivity index (χ1v) is 11.2. The van der Waals surface area contributed by atoms with Crippen molar-refractivity contribution in [1.29, 1.82) is 0 Å². The van der Waals surface area contributed by atoms with Gasteiger partial charge in [-0.05, 0) is 19.8 Å². The van der Waals surface area contributed by atoms with E-state index in [1.54, 1.807) is 13.8 Å². The van der Waals surface area contributed by atoms with Crippen molar-refractivity contribution in [1.82, 2.24) is 0 Å². The van der Waals surface area contributed by atoms with Crippen LogP contribution in [-0.4, -0.2) is 40.2 Å². The first-order valence-electron chi connectivity index (χ1n) is 11.2. The first kappa shape index (κ1) is 24.9. The second kappa shape index (κ2) is 16.1. The average Bonchev–Trinajstić information content (AvgIpc) is 2.58. The summed E-state index contributed by atoms with van der Waals surface area (Å²) in [5, 5.41) is 20.1. The Labute approximate surface area is 158 Å². The van der Waals surface area contributed by atoms with Gasteiger partial charge >= 0.3 is 0 Å². The smallest absolute Gasteiger partial charge is 0.189 e. The molecule has 2 N–H and O–H groups in total. The van der Waals surface area contributed by atoms with Gasteiger partial charge in [0.25, 0.3) is 0 Å². The number of unbranched alkanes of at least 4 members (excludes halogenated alkanes) is 13. The Kier molecular flexibility index (Phi) is 16.0. The summed E-state index contributed by atoms with van der Waals surface area (Å²) in [4.78, 5) is 0. The Hall–Kier alpha value is -0.120. The molecule has 0 radical (unpaired) electrons. The van der Waals surface area contributed by atoms with Crippen molar-refractivity contribution in [3.8, 4) is 0 Å². The number of rotatable bonds is 18. The predicted octanol–water partition coefficient (Wildman–Crippen LogP) is 5.98. The molecule has 0 saturated heterocycles. The van der Waals surface area contributed by atoms with E-state index in [1.165, 1.54) is 83.5 Å². The summed E-state index contributed by atoms with van der Waals surface area (Å²) in [7, 11) is 0. The SMILES string of the molecule is CCCCCCCCCCCCCCCC[N+](CC)(C(C)O)C(C)O. The average molecular weight is 359 g/mol. The van der Waals surface area contributed by atoms with E-state index in [0.29, 0.717) is 4.48 Å². The fourth-order valence-electron chi connectivity index (χ4n) is 3.97. The summed E-state index contributed by atoms with van der Waals surface area (Å²) in [5.41, 5.74) is 0. The minimum absolute atomic E-state index is 0.415. The molecule has 0 spiro atoms. The maximum Gasteiger partial charge on any atom is 0.189 e. The Bertz CT molecular complexity index is 271. The Morgan fingerprint density at radius 1 is 0.560 bits per heavy atom. The molecule has 152 valence electrons. The molecular weight excluding hydrogens is 310 g/mol. The highest BCUT2D eigenvalue weighted by molar-refractivity contribution is 4.51. The van der Waals surface area contributed by atoms with Gasteiger partial charge in [0, 0.05) is 13.8 Å². The number of hydrogen-bond acceptors (Lipinski definition) is 2. The van der Waals surface area contributed by atoms with Gasteiger partial charge in [-0.1, -0.05) is 84.0 Å². The van der Waals surface area contributed by atoms with Crippen LogP contribution in [0.5, 0.6) is 0 Å².